The highest BCUT2D eigenvalue weighted by atomic mass is 32.2. The molecule has 0 spiro atoms. The van der Waals surface area contributed by atoms with Crippen LogP contribution >= 0.6 is 11.8 Å². The van der Waals surface area contributed by atoms with Crippen LogP contribution in [0.3, 0.4) is 0 Å². The normalized spacial score (nSPS) is 17.7. The summed E-state index contributed by atoms with van der Waals surface area (Å²) in [6, 6.07) is 9.76. The smallest absolute Gasteiger partial charge is 0.283 e. The van der Waals surface area contributed by atoms with Crippen molar-refractivity contribution in [2.45, 2.75) is 20.8 Å². The second-order valence-corrected chi connectivity index (χ2v) is 7.63. The largest absolute Gasteiger partial charge is 0.495 e. The number of hydrogen-bond acceptors (Lipinski definition) is 5. The van der Waals surface area contributed by atoms with Crippen LogP contribution in [0.2, 0.25) is 0 Å². The first-order chi connectivity index (χ1) is 13.4. The van der Waals surface area contributed by atoms with Crippen molar-refractivity contribution >= 4 is 39.8 Å². The van der Waals surface area contributed by atoms with E-state index in [2.05, 4.69) is 14.7 Å². The molecule has 0 atom stereocenters. The van der Waals surface area contributed by atoms with Crippen LogP contribution in [0.15, 0.2) is 46.0 Å². The molecule has 0 radical (unpaired) electrons. The number of amides is 1. The van der Waals surface area contributed by atoms with Gasteiger partial charge in [-0.2, -0.15) is 15.1 Å². The lowest BCUT2D eigenvalue weighted by atomic mass is 10.1. The van der Waals surface area contributed by atoms with Gasteiger partial charge in [0.1, 0.15) is 5.75 Å². The van der Waals surface area contributed by atoms with E-state index in [9.17, 15) is 4.79 Å². The van der Waals surface area contributed by atoms with Gasteiger partial charge in [0.05, 0.1) is 23.4 Å². The number of carbonyl (C=O) groups excluding carboxylic acids is 1. The van der Waals surface area contributed by atoms with Crippen molar-refractivity contribution in [3.8, 4) is 11.4 Å². The van der Waals surface area contributed by atoms with Gasteiger partial charge in [0, 0.05) is 11.4 Å². The molecule has 1 N–H and O–H groups in total. The maximum absolute atomic E-state index is 12.5. The van der Waals surface area contributed by atoms with Crippen molar-refractivity contribution in [3.05, 3.63) is 52.9 Å². The van der Waals surface area contributed by atoms with Gasteiger partial charge < -0.3 is 9.30 Å². The van der Waals surface area contributed by atoms with E-state index in [4.69, 9.17) is 10.1 Å². The summed E-state index contributed by atoms with van der Waals surface area (Å²) in [5.74, 6) is 0.385. The average Bonchev–Trinajstić information content (AvgIpc) is 3.17. The van der Waals surface area contributed by atoms with Gasteiger partial charge in [-0.3, -0.25) is 10.2 Å². The number of amidine groups is 2. The summed E-state index contributed by atoms with van der Waals surface area (Å²) >= 11 is 1.30. The molecule has 0 saturated heterocycles. The fourth-order valence-corrected chi connectivity index (χ4v) is 4.10. The van der Waals surface area contributed by atoms with Gasteiger partial charge in [0.15, 0.2) is 5.84 Å². The zero-order valence-corrected chi connectivity index (χ0v) is 16.8. The first-order valence-corrected chi connectivity index (χ1v) is 9.51. The predicted octanol–water partition coefficient (Wildman–Crippen LogP) is 3.74. The van der Waals surface area contributed by atoms with Crippen LogP contribution in [0.4, 0.5) is 0 Å². The molecule has 0 aliphatic carbocycles. The molecule has 1 amide bonds. The molecule has 2 aliphatic heterocycles. The van der Waals surface area contributed by atoms with Crippen LogP contribution in [-0.4, -0.2) is 38.6 Å². The van der Waals surface area contributed by atoms with E-state index < -0.39 is 5.91 Å². The molecule has 2 aromatic rings. The van der Waals surface area contributed by atoms with Gasteiger partial charge in [0.25, 0.3) is 5.91 Å². The second-order valence-electron chi connectivity index (χ2n) is 6.47. The number of fused-ring (bicyclic) bond motifs is 1. The Balaban J connectivity index is 1.80. The Morgan fingerprint density at radius 1 is 1.21 bits per heavy atom. The Bertz CT molecular complexity index is 1110. The molecule has 0 unspecified atom stereocenters. The van der Waals surface area contributed by atoms with Crippen molar-refractivity contribution in [3.63, 3.8) is 0 Å². The second kappa shape index (κ2) is 6.79. The summed E-state index contributed by atoms with van der Waals surface area (Å²) < 4.78 is 7.57. The number of hydrogen-bond donors (Lipinski definition) is 1. The van der Waals surface area contributed by atoms with Crippen LogP contribution in [0.25, 0.3) is 11.8 Å². The van der Waals surface area contributed by atoms with E-state index in [-0.39, 0.29) is 11.4 Å². The number of para-hydroxylation sites is 2. The molecule has 1 aromatic carbocycles. The maximum Gasteiger partial charge on any atom is 0.283 e. The van der Waals surface area contributed by atoms with Crippen molar-refractivity contribution in [2.24, 2.45) is 10.1 Å². The number of rotatable bonds is 3. The summed E-state index contributed by atoms with van der Waals surface area (Å²) in [6.07, 6.45) is 1.72. The van der Waals surface area contributed by atoms with E-state index >= 15 is 0 Å². The third kappa shape index (κ3) is 2.86. The monoisotopic (exact) mass is 393 g/mol. The maximum atomic E-state index is 12.5. The van der Waals surface area contributed by atoms with E-state index in [1.165, 1.54) is 16.8 Å². The average molecular weight is 393 g/mol. The molecule has 2 aliphatic rings. The number of thioether (sulfide) groups is 1. The first-order valence-electron chi connectivity index (χ1n) is 8.70. The number of hydrazone groups is 1. The number of carbonyl (C=O) groups is 1. The van der Waals surface area contributed by atoms with Gasteiger partial charge in [0.2, 0.25) is 5.17 Å². The van der Waals surface area contributed by atoms with Gasteiger partial charge >= 0.3 is 0 Å². The van der Waals surface area contributed by atoms with E-state index in [1.807, 2.05) is 51.1 Å². The van der Waals surface area contributed by atoms with Gasteiger partial charge in [-0.05, 0) is 62.4 Å². The molecule has 0 bridgehead atoms. The van der Waals surface area contributed by atoms with E-state index in [0.717, 1.165) is 33.4 Å². The Labute approximate surface area is 166 Å². The molecule has 28 heavy (non-hydrogen) atoms. The minimum Gasteiger partial charge on any atom is -0.495 e. The lowest BCUT2D eigenvalue weighted by molar-refractivity contribution is -0.114. The number of ether oxygens (including phenoxy) is 1. The molecule has 142 valence electrons. The number of aryl methyl sites for hydroxylation is 1. The highest BCUT2D eigenvalue weighted by molar-refractivity contribution is 8.26. The fourth-order valence-electron chi connectivity index (χ4n) is 3.36. The number of methoxy groups -OCH3 is 1. The fraction of sp³-hybridized carbons (Fsp3) is 0.200. The lowest BCUT2D eigenvalue weighted by Gasteiger charge is -2.20. The Morgan fingerprint density at radius 2 is 1.96 bits per heavy atom. The number of nitrogens with one attached hydrogen (secondary N) is 1. The van der Waals surface area contributed by atoms with Crippen molar-refractivity contribution in [1.29, 1.82) is 5.41 Å². The van der Waals surface area contributed by atoms with Crippen LogP contribution in [0, 0.1) is 19.3 Å². The van der Waals surface area contributed by atoms with Crippen molar-refractivity contribution in [2.75, 3.05) is 7.11 Å². The number of aromatic nitrogens is 1. The molecule has 0 saturated carbocycles. The number of aliphatic imine (C=N–C) groups is 1. The topological polar surface area (TPSA) is 83.0 Å². The van der Waals surface area contributed by atoms with Crippen molar-refractivity contribution < 1.29 is 9.53 Å². The summed E-state index contributed by atoms with van der Waals surface area (Å²) in [6.45, 7) is 5.80. The Hall–Kier alpha value is -3.13. The zero-order chi connectivity index (χ0) is 20.0. The van der Waals surface area contributed by atoms with Gasteiger partial charge in [-0.1, -0.05) is 12.1 Å². The van der Waals surface area contributed by atoms with Crippen LogP contribution in [0.5, 0.6) is 5.75 Å². The summed E-state index contributed by atoms with van der Waals surface area (Å²) in [4.78, 5) is 16.6. The van der Waals surface area contributed by atoms with Crippen LogP contribution in [0.1, 0.15) is 23.9 Å². The van der Waals surface area contributed by atoms with Crippen molar-refractivity contribution in [1.82, 2.24) is 9.58 Å². The van der Waals surface area contributed by atoms with Crippen LogP contribution < -0.4 is 4.74 Å². The summed E-state index contributed by atoms with van der Waals surface area (Å²) in [7, 11) is 1.64. The van der Waals surface area contributed by atoms with Gasteiger partial charge in [-0.15, -0.1) is 0 Å². The summed E-state index contributed by atoms with van der Waals surface area (Å²) in [5, 5.41) is 15.3. The Kier molecular flexibility index (Phi) is 4.43. The highest BCUT2D eigenvalue weighted by Crippen LogP contribution is 2.31. The predicted molar refractivity (Wildman–Crippen MR) is 112 cm³/mol. The number of benzene rings is 1. The van der Waals surface area contributed by atoms with Gasteiger partial charge in [-0.25, -0.2) is 0 Å². The quantitative estimate of drug-likeness (QED) is 0.805. The standard InChI is InChI=1S/C20H19N5O2S/c1-11-9-14(12(2)24(11)16-7-5-6-8-17(16)27-4)10-15-18(21)25-20(22-19(15)26)28-13(3)23-25/h5-10,21H,1-4H3. The minimum atomic E-state index is -0.421. The molecular formula is C20H19N5O2S. The molecule has 3 heterocycles. The molecule has 7 nitrogen and oxygen atoms in total. The molecule has 8 heteroatoms. The molecule has 1 aromatic heterocycles. The SMILES string of the molecule is COc1ccccc1-n1c(C)cc(C=C2C(=N)N3N=C(C)SC3=NC2=O)c1C. The van der Waals surface area contributed by atoms with E-state index in [0.29, 0.717) is 5.17 Å². The van der Waals surface area contributed by atoms with Crippen LogP contribution in [-0.2, 0) is 4.79 Å². The summed E-state index contributed by atoms with van der Waals surface area (Å²) in [5.41, 5.74) is 3.94. The molecular weight excluding hydrogens is 374 g/mol. The zero-order valence-electron chi connectivity index (χ0n) is 16.0. The Morgan fingerprint density at radius 3 is 2.71 bits per heavy atom. The molecule has 0 fully saturated rings. The first kappa shape index (κ1) is 18.2. The third-order valence-electron chi connectivity index (χ3n) is 4.65. The highest BCUT2D eigenvalue weighted by Gasteiger charge is 2.34. The van der Waals surface area contributed by atoms with E-state index in [1.54, 1.807) is 13.2 Å². The number of nitrogens with zero attached hydrogens (tertiary/aromatic N) is 4. The third-order valence-corrected chi connectivity index (χ3v) is 5.48. The lowest BCUT2D eigenvalue weighted by Crippen LogP contribution is -2.35. The minimum absolute atomic E-state index is 0.0430. The molecule has 4 rings (SSSR count).